The molecule has 0 saturated heterocycles. The zero-order chi connectivity index (χ0) is 18.0. The fourth-order valence-corrected chi connectivity index (χ4v) is 3.40. The molecule has 2 atom stereocenters. The Labute approximate surface area is 145 Å². The number of carbonyl (C=O) groups excluding carboxylic acids is 1. The molecule has 1 amide bonds. The minimum absolute atomic E-state index is 0.106. The Hall–Kier alpha value is -2.69. The van der Waals surface area contributed by atoms with Gasteiger partial charge in [0.25, 0.3) is 0 Å². The molecule has 0 fully saturated rings. The molecule has 0 spiro atoms. The number of hydrogen-bond acceptors (Lipinski definition) is 2. The van der Waals surface area contributed by atoms with E-state index >= 15 is 0 Å². The van der Waals surface area contributed by atoms with Crippen LogP contribution in [0.1, 0.15) is 29.5 Å². The first-order valence-electron chi connectivity index (χ1n) is 8.29. The largest absolute Gasteiger partial charge is 0.481 e. The van der Waals surface area contributed by atoms with Gasteiger partial charge in [0.1, 0.15) is 5.82 Å². The lowest BCUT2D eigenvalue weighted by molar-refractivity contribution is -0.142. The van der Waals surface area contributed by atoms with Gasteiger partial charge in [-0.25, -0.2) is 4.39 Å². The van der Waals surface area contributed by atoms with Gasteiger partial charge in [0, 0.05) is 19.0 Å². The molecule has 1 heterocycles. The van der Waals surface area contributed by atoms with E-state index in [1.807, 2.05) is 24.3 Å². The van der Waals surface area contributed by atoms with E-state index in [0.29, 0.717) is 13.0 Å². The number of halogens is 1. The molecule has 25 heavy (non-hydrogen) atoms. The van der Waals surface area contributed by atoms with Gasteiger partial charge in [0.2, 0.25) is 5.91 Å². The van der Waals surface area contributed by atoms with Gasteiger partial charge in [0.15, 0.2) is 0 Å². The summed E-state index contributed by atoms with van der Waals surface area (Å²) in [5, 5.41) is 9.51. The van der Waals surface area contributed by atoms with E-state index in [2.05, 4.69) is 0 Å². The highest BCUT2D eigenvalue weighted by Crippen LogP contribution is 2.29. The lowest BCUT2D eigenvalue weighted by Gasteiger charge is -2.34. The minimum atomic E-state index is -0.928. The second-order valence-electron chi connectivity index (χ2n) is 6.54. The molecule has 0 saturated carbocycles. The third-order valence-electron chi connectivity index (χ3n) is 4.66. The number of amides is 1. The number of aliphatic carboxylic acids is 1. The summed E-state index contributed by atoms with van der Waals surface area (Å²) < 4.78 is 13.3. The zero-order valence-electron chi connectivity index (χ0n) is 14.0. The molecule has 130 valence electrons. The van der Waals surface area contributed by atoms with Crippen molar-refractivity contribution in [2.75, 3.05) is 6.54 Å². The van der Waals surface area contributed by atoms with Gasteiger partial charge in [-0.05, 0) is 35.2 Å². The number of carboxylic acids is 1. The van der Waals surface area contributed by atoms with Crippen LogP contribution in [0.15, 0.2) is 48.5 Å². The van der Waals surface area contributed by atoms with E-state index in [4.69, 9.17) is 0 Å². The molecule has 0 aromatic heterocycles. The summed E-state index contributed by atoms with van der Waals surface area (Å²) >= 11 is 0. The van der Waals surface area contributed by atoms with Crippen molar-refractivity contribution in [3.63, 3.8) is 0 Å². The summed E-state index contributed by atoms with van der Waals surface area (Å²) in [6, 6.07) is 13.6. The molecule has 0 aliphatic carbocycles. The Kier molecular flexibility index (Phi) is 4.83. The van der Waals surface area contributed by atoms with Crippen molar-refractivity contribution < 1.29 is 19.1 Å². The number of rotatable bonds is 4. The van der Waals surface area contributed by atoms with Crippen LogP contribution in [0.5, 0.6) is 0 Å². The van der Waals surface area contributed by atoms with Crippen molar-refractivity contribution in [3.05, 3.63) is 71.0 Å². The van der Waals surface area contributed by atoms with Crippen LogP contribution in [0, 0.1) is 11.7 Å². The molecule has 4 nitrogen and oxygen atoms in total. The van der Waals surface area contributed by atoms with Crippen LogP contribution < -0.4 is 0 Å². The van der Waals surface area contributed by atoms with Crippen molar-refractivity contribution in [1.29, 1.82) is 0 Å². The molecule has 5 heteroatoms. The fourth-order valence-electron chi connectivity index (χ4n) is 3.40. The third-order valence-corrected chi connectivity index (χ3v) is 4.66. The fraction of sp³-hybridized carbons (Fsp3) is 0.300. The van der Waals surface area contributed by atoms with E-state index in [1.54, 1.807) is 24.0 Å². The third kappa shape index (κ3) is 3.71. The van der Waals surface area contributed by atoms with Crippen LogP contribution in [0.25, 0.3) is 0 Å². The topological polar surface area (TPSA) is 57.6 Å². The number of carboxylic acid groups (broad SMARTS) is 1. The van der Waals surface area contributed by atoms with E-state index in [-0.39, 0.29) is 24.2 Å². The lowest BCUT2D eigenvalue weighted by atomic mass is 9.88. The van der Waals surface area contributed by atoms with Gasteiger partial charge in [-0.3, -0.25) is 9.59 Å². The van der Waals surface area contributed by atoms with Crippen LogP contribution in [0.2, 0.25) is 0 Å². The number of fused-ring (bicyclic) bond motifs is 1. The predicted octanol–water partition coefficient (Wildman–Crippen LogP) is 3.21. The standard InChI is InChI=1S/C20H20FNO3/c1-13(9-14-5-4-7-16(21)10-14)19(23)22-11-15-6-2-3-8-17(15)18(12-22)20(24)25/h2-8,10,13,18H,9,11-12H2,1H3,(H,24,25). The second-order valence-corrected chi connectivity index (χ2v) is 6.54. The van der Waals surface area contributed by atoms with E-state index in [1.165, 1.54) is 12.1 Å². The summed E-state index contributed by atoms with van der Waals surface area (Å²) in [5.41, 5.74) is 2.40. The number of benzene rings is 2. The molecular formula is C20H20FNO3. The first kappa shape index (κ1) is 17.1. The molecular weight excluding hydrogens is 321 g/mol. The summed E-state index contributed by atoms with van der Waals surface area (Å²) in [4.78, 5) is 26.0. The Balaban J connectivity index is 1.77. The minimum Gasteiger partial charge on any atom is -0.481 e. The smallest absolute Gasteiger partial charge is 0.312 e. The van der Waals surface area contributed by atoms with Gasteiger partial charge in [-0.15, -0.1) is 0 Å². The highest BCUT2D eigenvalue weighted by atomic mass is 19.1. The first-order valence-corrected chi connectivity index (χ1v) is 8.29. The normalized spacial score (nSPS) is 17.7. The van der Waals surface area contributed by atoms with Crippen LogP contribution in [-0.2, 0) is 22.6 Å². The van der Waals surface area contributed by atoms with Crippen LogP contribution in [0.3, 0.4) is 0 Å². The Morgan fingerprint density at radius 2 is 2.00 bits per heavy atom. The summed E-state index contributed by atoms with van der Waals surface area (Å²) in [5.74, 6) is -2.42. The quantitative estimate of drug-likeness (QED) is 0.929. The van der Waals surface area contributed by atoms with Crippen molar-refractivity contribution in [1.82, 2.24) is 4.90 Å². The summed E-state index contributed by atoms with van der Waals surface area (Å²) in [7, 11) is 0. The zero-order valence-corrected chi connectivity index (χ0v) is 14.0. The van der Waals surface area contributed by atoms with Gasteiger partial charge >= 0.3 is 5.97 Å². The van der Waals surface area contributed by atoms with Gasteiger partial charge in [-0.1, -0.05) is 43.3 Å². The van der Waals surface area contributed by atoms with E-state index in [9.17, 15) is 19.1 Å². The van der Waals surface area contributed by atoms with Crippen molar-refractivity contribution in [2.24, 2.45) is 5.92 Å². The molecule has 1 aliphatic heterocycles. The number of hydrogen-bond donors (Lipinski definition) is 1. The molecule has 1 N–H and O–H groups in total. The average molecular weight is 341 g/mol. The molecule has 1 aliphatic rings. The van der Waals surface area contributed by atoms with Crippen LogP contribution in [-0.4, -0.2) is 28.4 Å². The highest BCUT2D eigenvalue weighted by Gasteiger charge is 2.33. The first-order chi connectivity index (χ1) is 12.0. The van der Waals surface area contributed by atoms with E-state index < -0.39 is 11.9 Å². The lowest BCUT2D eigenvalue weighted by Crippen LogP contribution is -2.43. The maximum atomic E-state index is 13.3. The highest BCUT2D eigenvalue weighted by molar-refractivity contribution is 5.82. The molecule has 3 rings (SSSR count). The SMILES string of the molecule is CC(Cc1cccc(F)c1)C(=O)N1Cc2ccccc2C(C(=O)O)C1. The maximum absolute atomic E-state index is 13.3. The van der Waals surface area contributed by atoms with Gasteiger partial charge < -0.3 is 10.0 Å². The van der Waals surface area contributed by atoms with Crippen LogP contribution >= 0.6 is 0 Å². The molecule has 2 aromatic carbocycles. The van der Waals surface area contributed by atoms with Crippen molar-refractivity contribution in [3.8, 4) is 0 Å². The second kappa shape index (κ2) is 7.05. The monoisotopic (exact) mass is 341 g/mol. The Morgan fingerprint density at radius 3 is 2.72 bits per heavy atom. The number of carbonyl (C=O) groups is 2. The maximum Gasteiger partial charge on any atom is 0.312 e. The predicted molar refractivity (Wildman–Crippen MR) is 91.5 cm³/mol. The Bertz CT molecular complexity index is 805. The van der Waals surface area contributed by atoms with Gasteiger partial charge in [0.05, 0.1) is 5.92 Å². The average Bonchev–Trinajstić information content (AvgIpc) is 2.60. The van der Waals surface area contributed by atoms with Gasteiger partial charge in [-0.2, -0.15) is 0 Å². The molecule has 2 unspecified atom stereocenters. The summed E-state index contributed by atoms with van der Waals surface area (Å²) in [6.45, 7) is 2.37. The number of nitrogens with zero attached hydrogens (tertiary/aromatic N) is 1. The van der Waals surface area contributed by atoms with Crippen molar-refractivity contribution >= 4 is 11.9 Å². The molecule has 0 bridgehead atoms. The summed E-state index contributed by atoms with van der Waals surface area (Å²) in [6.07, 6.45) is 0.423. The van der Waals surface area contributed by atoms with Crippen LogP contribution in [0.4, 0.5) is 4.39 Å². The van der Waals surface area contributed by atoms with E-state index in [0.717, 1.165) is 16.7 Å². The molecule has 0 radical (unpaired) electrons. The Morgan fingerprint density at radius 1 is 1.24 bits per heavy atom. The molecule has 2 aromatic rings. The van der Waals surface area contributed by atoms with Crippen molar-refractivity contribution in [2.45, 2.75) is 25.8 Å².